The summed E-state index contributed by atoms with van der Waals surface area (Å²) in [6.45, 7) is 5.68. The molecule has 110 valence electrons. The molecule has 0 aliphatic carbocycles. The number of nitrogens with one attached hydrogen (secondary N) is 2. The predicted molar refractivity (Wildman–Crippen MR) is 80.2 cm³/mol. The Hall–Kier alpha value is -1.89. The van der Waals surface area contributed by atoms with Crippen LogP contribution in [0.15, 0.2) is 6.20 Å². The molecule has 2 N–H and O–H groups in total. The monoisotopic (exact) mass is 278 g/mol. The second-order valence-electron chi connectivity index (χ2n) is 4.85. The zero-order chi connectivity index (χ0) is 14.5. The number of hydrogen-bond acceptors (Lipinski definition) is 6. The zero-order valence-corrected chi connectivity index (χ0v) is 12.5. The molecule has 1 unspecified atom stereocenters. The van der Waals surface area contributed by atoms with Crippen LogP contribution < -0.4 is 10.2 Å². The van der Waals surface area contributed by atoms with Gasteiger partial charge in [-0.25, -0.2) is 0 Å². The smallest absolute Gasteiger partial charge is 0.226 e. The first-order valence-electron chi connectivity index (χ1n) is 6.84. The summed E-state index contributed by atoms with van der Waals surface area (Å²) in [5.41, 5.74) is 0.741. The van der Waals surface area contributed by atoms with Crippen LogP contribution >= 0.6 is 0 Å². The van der Waals surface area contributed by atoms with E-state index in [1.807, 2.05) is 7.05 Å². The topological polar surface area (TPSA) is 79.0 Å². The highest BCUT2D eigenvalue weighted by Crippen LogP contribution is 2.24. The molecule has 0 amide bonds. The Bertz CT molecular complexity index is 555. The van der Waals surface area contributed by atoms with E-state index in [-0.39, 0.29) is 6.04 Å². The molecular formula is C13H22N6O. The highest BCUT2D eigenvalue weighted by molar-refractivity contribution is 5.87. The molecule has 20 heavy (non-hydrogen) atoms. The number of hydrogen-bond donors (Lipinski definition) is 2. The van der Waals surface area contributed by atoms with Gasteiger partial charge in [0, 0.05) is 20.7 Å². The molecule has 2 aromatic heterocycles. The van der Waals surface area contributed by atoms with Crippen molar-refractivity contribution >= 4 is 22.8 Å². The van der Waals surface area contributed by atoms with Gasteiger partial charge >= 0.3 is 0 Å². The normalized spacial score (nSPS) is 12.6. The first-order chi connectivity index (χ1) is 9.67. The molecular weight excluding hydrogens is 256 g/mol. The largest absolute Gasteiger partial charge is 0.383 e. The van der Waals surface area contributed by atoms with E-state index >= 15 is 0 Å². The van der Waals surface area contributed by atoms with Crippen LogP contribution in [0.25, 0.3) is 11.0 Å². The summed E-state index contributed by atoms with van der Waals surface area (Å²) in [5.74, 6) is 1.47. The van der Waals surface area contributed by atoms with Crippen LogP contribution in [-0.2, 0) is 4.74 Å². The lowest BCUT2D eigenvalue weighted by Gasteiger charge is -2.26. The summed E-state index contributed by atoms with van der Waals surface area (Å²) in [6.07, 6.45) is 2.78. The fraction of sp³-hybridized carbons (Fsp3) is 0.615. The van der Waals surface area contributed by atoms with Crippen molar-refractivity contribution in [2.24, 2.45) is 0 Å². The number of fused-ring (bicyclic) bond motifs is 1. The second kappa shape index (κ2) is 6.51. The van der Waals surface area contributed by atoms with Gasteiger partial charge < -0.3 is 15.0 Å². The van der Waals surface area contributed by atoms with Crippen molar-refractivity contribution in [1.82, 2.24) is 20.2 Å². The first-order valence-corrected chi connectivity index (χ1v) is 6.84. The molecule has 7 heteroatoms. The van der Waals surface area contributed by atoms with E-state index in [0.717, 1.165) is 29.8 Å². The molecule has 2 aromatic rings. The van der Waals surface area contributed by atoms with Gasteiger partial charge in [-0.15, -0.1) is 0 Å². The molecule has 2 rings (SSSR count). The van der Waals surface area contributed by atoms with Crippen molar-refractivity contribution in [1.29, 1.82) is 0 Å². The van der Waals surface area contributed by atoms with Crippen LogP contribution in [0.1, 0.15) is 20.3 Å². The van der Waals surface area contributed by atoms with Crippen molar-refractivity contribution in [2.75, 3.05) is 37.5 Å². The predicted octanol–water partition coefficient (Wildman–Crippen LogP) is 1.65. The van der Waals surface area contributed by atoms with Crippen LogP contribution in [0, 0.1) is 0 Å². The van der Waals surface area contributed by atoms with Crippen LogP contribution in [-0.4, -0.2) is 53.5 Å². The number of aromatic amines is 1. The van der Waals surface area contributed by atoms with Crippen molar-refractivity contribution in [3.8, 4) is 0 Å². The standard InChI is InChI=1S/C13H22N6O/c1-5-6-14-13-16-11-10(7-15-18-11)12(17-13)19(3)9(2)8-20-4/h7,9H,5-6,8H2,1-4H3,(H2,14,15,16,17,18). The number of likely N-dealkylation sites (N-methyl/N-ethyl adjacent to an activating group) is 1. The third-order valence-corrected chi connectivity index (χ3v) is 3.23. The molecule has 0 spiro atoms. The lowest BCUT2D eigenvalue weighted by Crippen LogP contribution is -2.33. The van der Waals surface area contributed by atoms with Crippen LogP contribution in [0.5, 0.6) is 0 Å². The van der Waals surface area contributed by atoms with Crippen molar-refractivity contribution in [3.05, 3.63) is 6.20 Å². The summed E-state index contributed by atoms with van der Waals surface area (Å²) < 4.78 is 5.21. The van der Waals surface area contributed by atoms with Gasteiger partial charge in [-0.3, -0.25) is 5.10 Å². The Kier molecular flexibility index (Phi) is 4.73. The number of H-pyrrole nitrogens is 1. The van der Waals surface area contributed by atoms with E-state index in [4.69, 9.17) is 4.74 Å². The lowest BCUT2D eigenvalue weighted by atomic mass is 10.3. The molecule has 0 aliphatic rings. The number of nitrogens with zero attached hydrogens (tertiary/aromatic N) is 4. The maximum Gasteiger partial charge on any atom is 0.226 e. The highest BCUT2D eigenvalue weighted by Gasteiger charge is 2.17. The van der Waals surface area contributed by atoms with Gasteiger partial charge in [0.05, 0.1) is 24.2 Å². The second-order valence-corrected chi connectivity index (χ2v) is 4.85. The number of methoxy groups -OCH3 is 1. The fourth-order valence-electron chi connectivity index (χ4n) is 1.97. The maximum atomic E-state index is 5.21. The van der Waals surface area contributed by atoms with Gasteiger partial charge in [-0.2, -0.15) is 15.1 Å². The van der Waals surface area contributed by atoms with Gasteiger partial charge in [0.25, 0.3) is 0 Å². The number of ether oxygens (including phenoxy) is 1. The third-order valence-electron chi connectivity index (χ3n) is 3.23. The zero-order valence-electron chi connectivity index (χ0n) is 12.5. The molecule has 2 heterocycles. The Morgan fingerprint density at radius 2 is 2.25 bits per heavy atom. The Labute approximate surface area is 118 Å². The minimum Gasteiger partial charge on any atom is -0.383 e. The SMILES string of the molecule is CCCNc1nc(N(C)C(C)COC)c2cn[nH]c2n1. The molecule has 0 fully saturated rings. The van der Waals surface area contributed by atoms with Gasteiger partial charge in [0.15, 0.2) is 5.65 Å². The van der Waals surface area contributed by atoms with E-state index < -0.39 is 0 Å². The van der Waals surface area contributed by atoms with Gasteiger partial charge in [-0.1, -0.05) is 6.92 Å². The number of anilines is 2. The van der Waals surface area contributed by atoms with E-state index in [1.165, 1.54) is 0 Å². The highest BCUT2D eigenvalue weighted by atomic mass is 16.5. The number of rotatable bonds is 7. The molecule has 0 bridgehead atoms. The average molecular weight is 278 g/mol. The molecule has 0 radical (unpaired) electrons. The quantitative estimate of drug-likeness (QED) is 0.801. The van der Waals surface area contributed by atoms with Gasteiger partial charge in [0.2, 0.25) is 5.95 Å². The summed E-state index contributed by atoms with van der Waals surface area (Å²) in [5, 5.41) is 11.1. The molecule has 7 nitrogen and oxygen atoms in total. The molecule has 0 saturated carbocycles. The number of aromatic nitrogens is 4. The summed E-state index contributed by atoms with van der Waals surface area (Å²) >= 11 is 0. The molecule has 0 saturated heterocycles. The van der Waals surface area contributed by atoms with Crippen LogP contribution in [0.3, 0.4) is 0 Å². The summed E-state index contributed by atoms with van der Waals surface area (Å²) in [4.78, 5) is 11.1. The minimum atomic E-state index is 0.215. The Balaban J connectivity index is 2.36. The third kappa shape index (κ3) is 2.98. The molecule has 0 aromatic carbocycles. The van der Waals surface area contributed by atoms with E-state index in [2.05, 4.69) is 44.2 Å². The molecule has 0 aliphatic heterocycles. The first kappa shape index (κ1) is 14.5. The summed E-state index contributed by atoms with van der Waals surface area (Å²) in [6, 6.07) is 0.215. The Morgan fingerprint density at radius 3 is 2.95 bits per heavy atom. The lowest BCUT2D eigenvalue weighted by molar-refractivity contribution is 0.183. The van der Waals surface area contributed by atoms with Crippen molar-refractivity contribution in [2.45, 2.75) is 26.3 Å². The van der Waals surface area contributed by atoms with Gasteiger partial charge in [-0.05, 0) is 13.3 Å². The van der Waals surface area contributed by atoms with Gasteiger partial charge in [0.1, 0.15) is 5.82 Å². The van der Waals surface area contributed by atoms with E-state index in [1.54, 1.807) is 13.3 Å². The van der Waals surface area contributed by atoms with Crippen LogP contribution in [0.2, 0.25) is 0 Å². The Morgan fingerprint density at radius 1 is 1.45 bits per heavy atom. The van der Waals surface area contributed by atoms with Crippen LogP contribution in [0.4, 0.5) is 11.8 Å². The van der Waals surface area contributed by atoms with E-state index in [0.29, 0.717) is 12.6 Å². The van der Waals surface area contributed by atoms with Crippen molar-refractivity contribution < 1.29 is 4.74 Å². The molecule has 1 atom stereocenters. The van der Waals surface area contributed by atoms with Crippen molar-refractivity contribution in [3.63, 3.8) is 0 Å². The fourth-order valence-corrected chi connectivity index (χ4v) is 1.97. The maximum absolute atomic E-state index is 5.21. The average Bonchev–Trinajstić information content (AvgIpc) is 2.91. The van der Waals surface area contributed by atoms with E-state index in [9.17, 15) is 0 Å². The minimum absolute atomic E-state index is 0.215. The summed E-state index contributed by atoms with van der Waals surface area (Å²) in [7, 11) is 3.70.